The van der Waals surface area contributed by atoms with Crippen molar-refractivity contribution < 1.29 is 23.8 Å². The van der Waals surface area contributed by atoms with Gasteiger partial charge in [-0.1, -0.05) is 0 Å². The number of hydrogen-bond acceptors (Lipinski definition) is 6. The predicted octanol–water partition coefficient (Wildman–Crippen LogP) is 2.68. The van der Waals surface area contributed by atoms with Gasteiger partial charge in [-0.15, -0.1) is 0 Å². The first-order chi connectivity index (χ1) is 14.5. The molecule has 2 aromatic carbocycles. The Morgan fingerprint density at radius 1 is 0.900 bits per heavy atom. The van der Waals surface area contributed by atoms with Crippen LogP contribution >= 0.6 is 0 Å². The van der Waals surface area contributed by atoms with E-state index in [4.69, 9.17) is 14.2 Å². The molecule has 0 aliphatic carbocycles. The van der Waals surface area contributed by atoms with Gasteiger partial charge in [-0.3, -0.25) is 14.9 Å². The van der Waals surface area contributed by atoms with Gasteiger partial charge < -0.3 is 19.2 Å². The van der Waals surface area contributed by atoms with Gasteiger partial charge in [0.2, 0.25) is 0 Å². The van der Waals surface area contributed by atoms with Crippen LogP contribution in [-0.4, -0.2) is 44.3 Å². The number of amides is 2. The number of imide groups is 1. The average molecular weight is 405 g/mol. The molecule has 8 nitrogen and oxygen atoms in total. The Balaban J connectivity index is 1.82. The summed E-state index contributed by atoms with van der Waals surface area (Å²) in [6.07, 6.45) is 3.17. The van der Waals surface area contributed by atoms with Gasteiger partial charge in [0, 0.05) is 40.5 Å². The summed E-state index contributed by atoms with van der Waals surface area (Å²) >= 11 is 0. The van der Waals surface area contributed by atoms with E-state index >= 15 is 0 Å². The van der Waals surface area contributed by atoms with Gasteiger partial charge in [-0.05, 0) is 30.3 Å². The van der Waals surface area contributed by atoms with Crippen molar-refractivity contribution in [2.45, 2.75) is 0 Å². The topological polar surface area (TPSA) is 102 Å². The average Bonchev–Trinajstić information content (AvgIpc) is 3.30. The van der Waals surface area contributed by atoms with E-state index in [1.165, 1.54) is 13.3 Å². The van der Waals surface area contributed by atoms with Gasteiger partial charge in [0.05, 0.1) is 26.9 Å². The number of H-pyrrole nitrogens is 1. The number of fused-ring (bicyclic) bond motifs is 1. The molecule has 4 rings (SSSR count). The maximum absolute atomic E-state index is 12.6. The number of ether oxygens (including phenoxy) is 3. The van der Waals surface area contributed by atoms with E-state index in [2.05, 4.69) is 15.3 Å². The zero-order valence-electron chi connectivity index (χ0n) is 16.6. The van der Waals surface area contributed by atoms with E-state index in [-0.39, 0.29) is 11.3 Å². The summed E-state index contributed by atoms with van der Waals surface area (Å²) in [5.74, 6) is 0.738. The highest BCUT2D eigenvalue weighted by molar-refractivity contribution is 6.37. The number of nitrogens with one attached hydrogen (secondary N) is 2. The van der Waals surface area contributed by atoms with Crippen LogP contribution in [0.5, 0.6) is 17.2 Å². The first-order valence-electron chi connectivity index (χ1n) is 9.07. The monoisotopic (exact) mass is 405 g/mol. The first-order valence-corrected chi connectivity index (χ1v) is 9.07. The van der Waals surface area contributed by atoms with Crippen molar-refractivity contribution in [3.05, 3.63) is 59.4 Å². The number of aromatic amines is 1. The molecule has 2 N–H and O–H groups in total. The molecule has 0 bridgehead atoms. The molecule has 1 aromatic heterocycles. The first kappa shape index (κ1) is 19.3. The van der Waals surface area contributed by atoms with Crippen LogP contribution in [0.2, 0.25) is 0 Å². The molecule has 0 atom stereocenters. The predicted molar refractivity (Wildman–Crippen MR) is 112 cm³/mol. The highest BCUT2D eigenvalue weighted by Crippen LogP contribution is 2.33. The van der Waals surface area contributed by atoms with E-state index in [0.717, 1.165) is 10.9 Å². The van der Waals surface area contributed by atoms with E-state index in [1.807, 2.05) is 12.1 Å². The van der Waals surface area contributed by atoms with Crippen molar-refractivity contribution >= 4 is 34.5 Å². The number of nitrogens with zero attached hydrogens (tertiary/aromatic N) is 1. The fraction of sp³-hybridized carbons (Fsp3) is 0.136. The Hall–Kier alpha value is -4.07. The minimum absolute atomic E-state index is 0.0293. The molecule has 0 spiro atoms. The minimum Gasteiger partial charge on any atom is -0.497 e. The standard InChI is InChI=1S/C22H19N3O5/c1-28-13-6-7-17-15(8-13)16(11-23-17)19-20(22(27)25-21(19)26)24-10-12-4-5-14(29-2)9-18(12)30-3/h4-11,23H,1-3H3,(H,25,26,27). The molecule has 3 aromatic rings. The van der Waals surface area contributed by atoms with Gasteiger partial charge in [0.25, 0.3) is 11.8 Å². The lowest BCUT2D eigenvalue weighted by molar-refractivity contribution is -0.123. The van der Waals surface area contributed by atoms with Gasteiger partial charge >= 0.3 is 0 Å². The molecule has 0 radical (unpaired) electrons. The number of carbonyl (C=O) groups is 2. The van der Waals surface area contributed by atoms with Crippen LogP contribution in [0.1, 0.15) is 11.1 Å². The number of rotatable bonds is 6. The normalized spacial score (nSPS) is 14.0. The highest BCUT2D eigenvalue weighted by Gasteiger charge is 2.32. The van der Waals surface area contributed by atoms with Crippen molar-refractivity contribution in [1.82, 2.24) is 10.3 Å². The Morgan fingerprint density at radius 2 is 1.63 bits per heavy atom. The summed E-state index contributed by atoms with van der Waals surface area (Å²) < 4.78 is 15.8. The summed E-state index contributed by atoms with van der Waals surface area (Å²) in [7, 11) is 4.66. The summed E-state index contributed by atoms with van der Waals surface area (Å²) in [4.78, 5) is 32.4. The number of methoxy groups -OCH3 is 3. The fourth-order valence-corrected chi connectivity index (χ4v) is 3.31. The Labute approximate surface area is 172 Å². The maximum atomic E-state index is 12.6. The zero-order valence-corrected chi connectivity index (χ0v) is 16.6. The lowest BCUT2D eigenvalue weighted by Gasteiger charge is -2.07. The van der Waals surface area contributed by atoms with E-state index in [9.17, 15) is 9.59 Å². The molecule has 2 amide bonds. The van der Waals surface area contributed by atoms with Crippen LogP contribution in [0.4, 0.5) is 0 Å². The molecule has 0 saturated heterocycles. The molecule has 0 unspecified atom stereocenters. The van der Waals surface area contributed by atoms with Crippen molar-refractivity contribution in [2.75, 3.05) is 21.3 Å². The molecular weight excluding hydrogens is 386 g/mol. The van der Waals surface area contributed by atoms with Crippen molar-refractivity contribution in [1.29, 1.82) is 0 Å². The second kappa shape index (κ2) is 7.75. The summed E-state index contributed by atoms with van der Waals surface area (Å²) in [6.45, 7) is 0. The van der Waals surface area contributed by atoms with Crippen LogP contribution in [0.3, 0.4) is 0 Å². The van der Waals surface area contributed by atoms with Crippen molar-refractivity contribution in [3.8, 4) is 17.2 Å². The molecule has 0 saturated carbocycles. The molecule has 8 heteroatoms. The smallest absolute Gasteiger partial charge is 0.277 e. The molecule has 1 aliphatic heterocycles. The van der Waals surface area contributed by atoms with Crippen LogP contribution in [0.15, 0.2) is 53.3 Å². The highest BCUT2D eigenvalue weighted by atomic mass is 16.5. The van der Waals surface area contributed by atoms with Gasteiger partial charge in [0.15, 0.2) is 0 Å². The third-order valence-corrected chi connectivity index (χ3v) is 4.84. The number of benzene rings is 2. The van der Waals surface area contributed by atoms with Crippen molar-refractivity contribution in [2.24, 2.45) is 4.99 Å². The minimum atomic E-state index is -0.559. The van der Waals surface area contributed by atoms with Crippen LogP contribution in [-0.2, 0) is 9.59 Å². The SMILES string of the molecule is COc1ccc(C=NC2=C(c3c[nH]c4ccc(OC)cc34)C(=O)NC2=O)c(OC)c1. The quantitative estimate of drug-likeness (QED) is 0.485. The second-order valence-electron chi connectivity index (χ2n) is 6.49. The van der Waals surface area contributed by atoms with Gasteiger partial charge in [-0.2, -0.15) is 0 Å². The third kappa shape index (κ3) is 3.28. The number of aromatic nitrogens is 1. The summed E-state index contributed by atoms with van der Waals surface area (Å²) in [6, 6.07) is 10.7. The Bertz CT molecular complexity index is 1220. The summed E-state index contributed by atoms with van der Waals surface area (Å²) in [5, 5.41) is 3.07. The molecule has 1 aliphatic rings. The second-order valence-corrected chi connectivity index (χ2v) is 6.49. The molecule has 2 heterocycles. The van der Waals surface area contributed by atoms with Crippen molar-refractivity contribution in [3.63, 3.8) is 0 Å². The lowest BCUT2D eigenvalue weighted by Crippen LogP contribution is -2.22. The fourth-order valence-electron chi connectivity index (χ4n) is 3.31. The molecule has 152 valence electrons. The number of carbonyl (C=O) groups excluding carboxylic acids is 2. The van der Waals surface area contributed by atoms with Gasteiger partial charge in [0.1, 0.15) is 22.9 Å². The van der Waals surface area contributed by atoms with Crippen LogP contribution < -0.4 is 19.5 Å². The molecule has 30 heavy (non-hydrogen) atoms. The number of hydrogen-bond donors (Lipinski definition) is 2. The molecule has 0 fully saturated rings. The van der Waals surface area contributed by atoms with Gasteiger partial charge in [-0.25, -0.2) is 4.99 Å². The maximum Gasteiger partial charge on any atom is 0.277 e. The van der Waals surface area contributed by atoms with E-state index in [0.29, 0.717) is 28.4 Å². The lowest BCUT2D eigenvalue weighted by atomic mass is 10.0. The van der Waals surface area contributed by atoms with Crippen LogP contribution in [0, 0.1) is 0 Å². The summed E-state index contributed by atoms with van der Waals surface area (Å²) in [5.41, 5.74) is 2.24. The van der Waals surface area contributed by atoms with E-state index < -0.39 is 11.8 Å². The Kier molecular flexibility index (Phi) is 4.97. The molecular formula is C22H19N3O5. The van der Waals surface area contributed by atoms with Crippen LogP contribution in [0.25, 0.3) is 16.5 Å². The zero-order chi connectivity index (χ0) is 21.3. The Morgan fingerprint density at radius 3 is 2.37 bits per heavy atom. The number of aliphatic imine (C=N–C) groups is 1. The third-order valence-electron chi connectivity index (χ3n) is 4.84. The van der Waals surface area contributed by atoms with E-state index in [1.54, 1.807) is 44.7 Å². The largest absolute Gasteiger partial charge is 0.497 e.